The highest BCUT2D eigenvalue weighted by Crippen LogP contribution is 2.19. The quantitative estimate of drug-likeness (QED) is 0.788. The van der Waals surface area contributed by atoms with Gasteiger partial charge in [-0.3, -0.25) is 4.79 Å². The number of ketones is 1. The highest BCUT2D eigenvalue weighted by Gasteiger charge is 2.07. The average molecular weight is 321 g/mol. The molecule has 0 aliphatic rings. The molecule has 0 aromatic heterocycles. The molecule has 3 nitrogen and oxygen atoms in total. The van der Waals surface area contributed by atoms with Gasteiger partial charge >= 0.3 is 0 Å². The minimum absolute atomic E-state index is 0.00359. The Kier molecular flexibility index (Phi) is 4.58. The molecule has 2 aromatic carbocycles. The average Bonchev–Trinajstić information content (AvgIpc) is 2.45. The van der Waals surface area contributed by atoms with Gasteiger partial charge in [0.2, 0.25) is 0 Å². The second-order valence-electron chi connectivity index (χ2n) is 3.90. The standard InChI is InChI=1S/C15H13BrO3/c1-18-13-6-3-7-14(9-13)19-10-15(17)11-4-2-5-12(16)8-11/h2-9H,10H2,1H3. The van der Waals surface area contributed by atoms with Gasteiger partial charge in [0, 0.05) is 16.1 Å². The maximum atomic E-state index is 11.9. The number of benzene rings is 2. The van der Waals surface area contributed by atoms with Crippen molar-refractivity contribution in [3.05, 3.63) is 58.6 Å². The third-order valence-electron chi connectivity index (χ3n) is 2.56. The first-order valence-corrected chi connectivity index (χ1v) is 6.54. The summed E-state index contributed by atoms with van der Waals surface area (Å²) >= 11 is 3.34. The van der Waals surface area contributed by atoms with Crippen LogP contribution in [0, 0.1) is 0 Å². The van der Waals surface area contributed by atoms with Crippen LogP contribution in [0.3, 0.4) is 0 Å². The summed E-state index contributed by atoms with van der Waals surface area (Å²) in [5.41, 5.74) is 0.622. The van der Waals surface area contributed by atoms with Crippen molar-refractivity contribution in [3.63, 3.8) is 0 Å². The van der Waals surface area contributed by atoms with Gasteiger partial charge in [0.15, 0.2) is 12.4 Å². The van der Waals surface area contributed by atoms with Gasteiger partial charge in [-0.05, 0) is 24.3 Å². The molecule has 0 aliphatic heterocycles. The lowest BCUT2D eigenvalue weighted by molar-refractivity contribution is 0.0921. The number of methoxy groups -OCH3 is 1. The summed E-state index contributed by atoms with van der Waals surface area (Å²) in [4.78, 5) is 11.9. The highest BCUT2D eigenvalue weighted by molar-refractivity contribution is 9.10. The number of hydrogen-bond donors (Lipinski definition) is 0. The number of carbonyl (C=O) groups excluding carboxylic acids is 1. The molecule has 0 saturated carbocycles. The maximum Gasteiger partial charge on any atom is 0.200 e. The van der Waals surface area contributed by atoms with Crippen LogP contribution in [0.5, 0.6) is 11.5 Å². The molecule has 0 bridgehead atoms. The highest BCUT2D eigenvalue weighted by atomic mass is 79.9. The van der Waals surface area contributed by atoms with E-state index in [1.807, 2.05) is 24.3 Å². The molecular weight excluding hydrogens is 308 g/mol. The van der Waals surface area contributed by atoms with Gasteiger partial charge in [0.05, 0.1) is 7.11 Å². The number of ether oxygens (including phenoxy) is 2. The Morgan fingerprint density at radius 1 is 1.11 bits per heavy atom. The monoisotopic (exact) mass is 320 g/mol. The summed E-state index contributed by atoms with van der Waals surface area (Å²) in [6.07, 6.45) is 0. The molecule has 0 radical (unpaired) electrons. The molecule has 98 valence electrons. The van der Waals surface area contributed by atoms with Crippen LogP contribution in [0.1, 0.15) is 10.4 Å². The first kappa shape index (κ1) is 13.6. The third kappa shape index (κ3) is 3.83. The largest absolute Gasteiger partial charge is 0.497 e. The van der Waals surface area contributed by atoms with Gasteiger partial charge in [-0.25, -0.2) is 0 Å². The van der Waals surface area contributed by atoms with E-state index < -0.39 is 0 Å². The van der Waals surface area contributed by atoms with E-state index in [0.717, 1.165) is 4.47 Å². The maximum absolute atomic E-state index is 11.9. The minimum Gasteiger partial charge on any atom is -0.497 e. The minimum atomic E-state index is -0.0656. The Morgan fingerprint density at radius 2 is 1.84 bits per heavy atom. The Hall–Kier alpha value is -1.81. The predicted octanol–water partition coefficient (Wildman–Crippen LogP) is 3.72. The number of halogens is 1. The van der Waals surface area contributed by atoms with Gasteiger partial charge in [-0.2, -0.15) is 0 Å². The zero-order chi connectivity index (χ0) is 13.7. The van der Waals surface area contributed by atoms with E-state index in [0.29, 0.717) is 17.1 Å². The lowest BCUT2D eigenvalue weighted by Crippen LogP contribution is -2.11. The van der Waals surface area contributed by atoms with E-state index in [2.05, 4.69) is 15.9 Å². The summed E-state index contributed by atoms with van der Waals surface area (Å²) in [6, 6.07) is 14.4. The van der Waals surface area contributed by atoms with Gasteiger partial charge in [0.25, 0.3) is 0 Å². The summed E-state index contributed by atoms with van der Waals surface area (Å²) in [5, 5.41) is 0. The molecule has 19 heavy (non-hydrogen) atoms. The number of hydrogen-bond acceptors (Lipinski definition) is 3. The normalized spacial score (nSPS) is 10.0. The zero-order valence-corrected chi connectivity index (χ0v) is 12.0. The first-order chi connectivity index (χ1) is 9.19. The van der Waals surface area contributed by atoms with E-state index in [1.54, 1.807) is 31.4 Å². The molecule has 2 aromatic rings. The van der Waals surface area contributed by atoms with Crippen LogP contribution in [0.2, 0.25) is 0 Å². The van der Waals surface area contributed by atoms with Crippen LogP contribution in [-0.2, 0) is 0 Å². The molecule has 4 heteroatoms. The van der Waals surface area contributed by atoms with Crippen molar-refractivity contribution in [2.75, 3.05) is 13.7 Å². The molecule has 0 N–H and O–H groups in total. The van der Waals surface area contributed by atoms with Crippen molar-refractivity contribution < 1.29 is 14.3 Å². The molecule has 0 spiro atoms. The summed E-state index contributed by atoms with van der Waals surface area (Å²) in [5.74, 6) is 1.25. The number of Topliss-reactive ketones (excluding diaryl/α,β-unsaturated/α-hetero) is 1. The fraction of sp³-hybridized carbons (Fsp3) is 0.133. The summed E-state index contributed by atoms with van der Waals surface area (Å²) < 4.78 is 11.4. The molecule has 0 amide bonds. The van der Waals surface area contributed by atoms with Gasteiger partial charge in [-0.15, -0.1) is 0 Å². The van der Waals surface area contributed by atoms with Gasteiger partial charge in [0.1, 0.15) is 11.5 Å². The second kappa shape index (κ2) is 6.38. The molecule has 0 atom stereocenters. The molecule has 0 aliphatic carbocycles. The lowest BCUT2D eigenvalue weighted by atomic mass is 10.1. The fourth-order valence-corrected chi connectivity index (χ4v) is 1.98. The van der Waals surface area contributed by atoms with Crippen LogP contribution in [-0.4, -0.2) is 19.5 Å². The zero-order valence-electron chi connectivity index (χ0n) is 10.4. The van der Waals surface area contributed by atoms with E-state index in [4.69, 9.17) is 9.47 Å². The predicted molar refractivity (Wildman–Crippen MR) is 77.0 cm³/mol. The van der Waals surface area contributed by atoms with Gasteiger partial charge in [-0.1, -0.05) is 34.1 Å². The Morgan fingerprint density at radius 3 is 2.58 bits per heavy atom. The Labute approximate surface area is 120 Å². The van der Waals surface area contributed by atoms with Crippen LogP contribution in [0.25, 0.3) is 0 Å². The van der Waals surface area contributed by atoms with E-state index in [1.165, 1.54) is 0 Å². The summed E-state index contributed by atoms with van der Waals surface area (Å²) in [6.45, 7) is 0.00359. The van der Waals surface area contributed by atoms with Crippen LogP contribution in [0.4, 0.5) is 0 Å². The first-order valence-electron chi connectivity index (χ1n) is 5.74. The summed E-state index contributed by atoms with van der Waals surface area (Å²) in [7, 11) is 1.59. The Balaban J connectivity index is 2.00. The van der Waals surface area contributed by atoms with Crippen LogP contribution < -0.4 is 9.47 Å². The molecule has 0 fully saturated rings. The molecule has 0 unspecified atom stereocenters. The second-order valence-corrected chi connectivity index (χ2v) is 4.82. The molecule has 2 rings (SSSR count). The van der Waals surface area contributed by atoms with Crippen molar-refractivity contribution >= 4 is 21.7 Å². The van der Waals surface area contributed by atoms with Crippen LogP contribution >= 0.6 is 15.9 Å². The molecule has 0 saturated heterocycles. The van der Waals surface area contributed by atoms with E-state index >= 15 is 0 Å². The van der Waals surface area contributed by atoms with Gasteiger partial charge < -0.3 is 9.47 Å². The van der Waals surface area contributed by atoms with Crippen molar-refractivity contribution in [1.82, 2.24) is 0 Å². The topological polar surface area (TPSA) is 35.5 Å². The van der Waals surface area contributed by atoms with Crippen molar-refractivity contribution in [2.45, 2.75) is 0 Å². The van der Waals surface area contributed by atoms with Crippen molar-refractivity contribution in [3.8, 4) is 11.5 Å². The molecular formula is C15H13BrO3. The van der Waals surface area contributed by atoms with E-state index in [-0.39, 0.29) is 12.4 Å². The van der Waals surface area contributed by atoms with Crippen molar-refractivity contribution in [1.29, 1.82) is 0 Å². The fourth-order valence-electron chi connectivity index (χ4n) is 1.59. The Bertz CT molecular complexity index is 581. The molecule has 0 heterocycles. The van der Waals surface area contributed by atoms with Crippen LogP contribution in [0.15, 0.2) is 53.0 Å². The van der Waals surface area contributed by atoms with E-state index in [9.17, 15) is 4.79 Å². The number of rotatable bonds is 5. The van der Waals surface area contributed by atoms with Crippen molar-refractivity contribution in [2.24, 2.45) is 0 Å². The lowest BCUT2D eigenvalue weighted by Gasteiger charge is -2.07. The number of carbonyl (C=O) groups is 1. The SMILES string of the molecule is COc1cccc(OCC(=O)c2cccc(Br)c2)c1. The smallest absolute Gasteiger partial charge is 0.200 e. The third-order valence-corrected chi connectivity index (χ3v) is 3.05.